The molecule has 0 atom stereocenters. The summed E-state index contributed by atoms with van der Waals surface area (Å²) in [5, 5.41) is 4.14. The van der Waals surface area contributed by atoms with Gasteiger partial charge in [-0.25, -0.2) is 0 Å². The number of anilines is 1. The number of benzene rings is 3. The number of Topliss-reactive ketones (excluding diaryl/α,β-unsaturated/α-hetero) is 1. The first-order valence-electron chi connectivity index (χ1n) is 11.8. The number of nitrogens with one attached hydrogen (secondary N) is 1. The summed E-state index contributed by atoms with van der Waals surface area (Å²) in [7, 11) is 0. The molecule has 1 aromatic heterocycles. The van der Waals surface area contributed by atoms with Crippen molar-refractivity contribution in [2.45, 2.75) is 33.4 Å². The predicted octanol–water partition coefficient (Wildman–Crippen LogP) is 4.81. The van der Waals surface area contributed by atoms with Gasteiger partial charge in [-0.05, 0) is 54.8 Å². The van der Waals surface area contributed by atoms with Crippen molar-refractivity contribution in [3.63, 3.8) is 0 Å². The molecule has 0 unspecified atom stereocenters. The van der Waals surface area contributed by atoms with E-state index in [9.17, 15) is 9.59 Å². The first kappa shape index (κ1) is 22.7. The Balaban J connectivity index is 1.53. The number of aromatic nitrogens is 1. The van der Waals surface area contributed by atoms with Crippen molar-refractivity contribution in [3.8, 4) is 11.5 Å². The highest BCUT2D eigenvalue weighted by Crippen LogP contribution is 2.34. The third kappa shape index (κ3) is 4.78. The van der Waals surface area contributed by atoms with Gasteiger partial charge in [-0.3, -0.25) is 9.59 Å². The molecule has 1 N–H and O–H groups in total. The molecule has 35 heavy (non-hydrogen) atoms. The molecule has 5 rings (SSSR count). The van der Waals surface area contributed by atoms with Gasteiger partial charge in [0.15, 0.2) is 17.3 Å². The van der Waals surface area contributed by atoms with Crippen LogP contribution in [0.25, 0.3) is 10.9 Å². The largest absolute Gasteiger partial charge is 0.486 e. The molecule has 6 nitrogen and oxygen atoms in total. The van der Waals surface area contributed by atoms with Crippen molar-refractivity contribution in [1.82, 2.24) is 4.57 Å². The number of pyridine rings is 1. The van der Waals surface area contributed by atoms with Gasteiger partial charge in [0.05, 0.1) is 12.1 Å². The second kappa shape index (κ2) is 9.66. The Morgan fingerprint density at radius 3 is 2.31 bits per heavy atom. The van der Waals surface area contributed by atoms with Crippen LogP contribution in [0.3, 0.4) is 0 Å². The third-order valence-corrected chi connectivity index (χ3v) is 6.44. The molecule has 1 aliphatic rings. The van der Waals surface area contributed by atoms with E-state index in [1.54, 1.807) is 4.57 Å². The van der Waals surface area contributed by atoms with Crippen molar-refractivity contribution < 1.29 is 14.3 Å². The Labute approximate surface area is 204 Å². The molecule has 178 valence electrons. The molecule has 3 aromatic carbocycles. The number of fused-ring (bicyclic) bond motifs is 2. The van der Waals surface area contributed by atoms with E-state index in [0.29, 0.717) is 42.3 Å². The van der Waals surface area contributed by atoms with Crippen molar-refractivity contribution >= 4 is 22.4 Å². The smallest absolute Gasteiger partial charge is 0.256 e. The number of hydrogen-bond acceptors (Lipinski definition) is 5. The van der Waals surface area contributed by atoms with Crippen LogP contribution in [0.2, 0.25) is 0 Å². The first-order chi connectivity index (χ1) is 17.0. The molecule has 2 heterocycles. The summed E-state index contributed by atoms with van der Waals surface area (Å²) in [6.45, 7) is 5.29. The number of carbonyl (C=O) groups excluding carboxylic acids is 1. The molecule has 0 radical (unpaired) electrons. The van der Waals surface area contributed by atoms with Crippen LogP contribution in [0, 0.1) is 13.8 Å². The van der Waals surface area contributed by atoms with E-state index in [-0.39, 0.29) is 24.3 Å². The number of carbonyl (C=O) groups is 1. The van der Waals surface area contributed by atoms with Gasteiger partial charge in [-0.2, -0.15) is 0 Å². The zero-order valence-electron chi connectivity index (χ0n) is 20.0. The maximum absolute atomic E-state index is 13.6. The molecule has 4 aromatic rings. The molecular weight excluding hydrogens is 440 g/mol. The lowest BCUT2D eigenvalue weighted by atomic mass is 9.98. The topological polar surface area (TPSA) is 69.6 Å². The van der Waals surface area contributed by atoms with Crippen LogP contribution >= 0.6 is 0 Å². The SMILES string of the molecule is Cc1cccc(C)c1CC(=O)Cn1c(=O)c(CNc2ccccc2)cc2cc3c(cc21)OCCO3. The van der Waals surface area contributed by atoms with Crippen LogP contribution in [0.4, 0.5) is 5.69 Å². The fraction of sp³-hybridized carbons (Fsp3) is 0.241. The lowest BCUT2D eigenvalue weighted by Crippen LogP contribution is -2.29. The number of nitrogens with zero attached hydrogens (tertiary/aromatic N) is 1. The maximum Gasteiger partial charge on any atom is 0.256 e. The van der Waals surface area contributed by atoms with E-state index < -0.39 is 0 Å². The minimum Gasteiger partial charge on any atom is -0.486 e. The number of hydrogen-bond donors (Lipinski definition) is 1. The highest BCUT2D eigenvalue weighted by molar-refractivity contribution is 5.87. The van der Waals surface area contributed by atoms with Crippen LogP contribution in [0.5, 0.6) is 11.5 Å². The van der Waals surface area contributed by atoms with E-state index in [1.165, 1.54) is 0 Å². The highest BCUT2D eigenvalue weighted by Gasteiger charge is 2.19. The molecule has 0 saturated heterocycles. The summed E-state index contributed by atoms with van der Waals surface area (Å²) in [5.74, 6) is 1.22. The van der Waals surface area contributed by atoms with Gasteiger partial charge in [0, 0.05) is 35.7 Å². The second-order valence-corrected chi connectivity index (χ2v) is 8.92. The Morgan fingerprint density at radius 2 is 1.60 bits per heavy atom. The molecular formula is C29H28N2O4. The Kier molecular flexibility index (Phi) is 6.27. The van der Waals surface area contributed by atoms with Gasteiger partial charge >= 0.3 is 0 Å². The Hall–Kier alpha value is -4.06. The minimum atomic E-state index is -0.188. The number of aryl methyl sites for hydroxylation is 2. The number of ether oxygens (including phenoxy) is 2. The molecule has 0 amide bonds. The predicted molar refractivity (Wildman–Crippen MR) is 138 cm³/mol. The third-order valence-electron chi connectivity index (χ3n) is 6.44. The minimum absolute atomic E-state index is 0.0120. The van der Waals surface area contributed by atoms with E-state index in [1.807, 2.05) is 80.6 Å². The van der Waals surface area contributed by atoms with Crippen molar-refractivity contribution in [3.05, 3.63) is 99.3 Å². The van der Waals surface area contributed by atoms with E-state index in [2.05, 4.69) is 5.32 Å². The monoisotopic (exact) mass is 468 g/mol. The molecule has 0 fully saturated rings. The van der Waals surface area contributed by atoms with E-state index in [4.69, 9.17) is 9.47 Å². The molecule has 0 saturated carbocycles. The normalized spacial score (nSPS) is 12.5. The maximum atomic E-state index is 13.6. The molecule has 0 bridgehead atoms. The Morgan fingerprint density at radius 1 is 0.914 bits per heavy atom. The van der Waals surface area contributed by atoms with Gasteiger partial charge in [0.1, 0.15) is 13.2 Å². The van der Waals surface area contributed by atoms with Gasteiger partial charge in [0.25, 0.3) is 5.56 Å². The van der Waals surface area contributed by atoms with Crippen LogP contribution in [0.15, 0.2) is 71.5 Å². The summed E-state index contributed by atoms with van der Waals surface area (Å²) in [6, 6.07) is 21.3. The fourth-order valence-corrected chi connectivity index (χ4v) is 4.57. The van der Waals surface area contributed by atoms with Gasteiger partial charge < -0.3 is 19.4 Å². The zero-order valence-corrected chi connectivity index (χ0v) is 20.0. The number of rotatable bonds is 7. The lowest BCUT2D eigenvalue weighted by molar-refractivity contribution is -0.119. The number of para-hydroxylation sites is 1. The van der Waals surface area contributed by atoms with E-state index >= 15 is 0 Å². The fourth-order valence-electron chi connectivity index (χ4n) is 4.57. The highest BCUT2D eigenvalue weighted by atomic mass is 16.6. The van der Waals surface area contributed by atoms with Crippen molar-refractivity contribution in [2.24, 2.45) is 0 Å². The quantitative estimate of drug-likeness (QED) is 0.421. The van der Waals surface area contributed by atoms with Crippen LogP contribution in [0.1, 0.15) is 22.3 Å². The molecule has 0 spiro atoms. The number of ketones is 1. The van der Waals surface area contributed by atoms with Gasteiger partial charge in [-0.1, -0.05) is 36.4 Å². The Bertz CT molecular complexity index is 1440. The van der Waals surface area contributed by atoms with Crippen molar-refractivity contribution in [2.75, 3.05) is 18.5 Å². The second-order valence-electron chi connectivity index (χ2n) is 8.92. The zero-order chi connectivity index (χ0) is 24.4. The lowest BCUT2D eigenvalue weighted by Gasteiger charge is -2.21. The summed E-state index contributed by atoms with van der Waals surface area (Å²) in [4.78, 5) is 26.8. The molecule has 0 aliphatic carbocycles. The van der Waals surface area contributed by atoms with Gasteiger partial charge in [0.2, 0.25) is 0 Å². The average Bonchev–Trinajstić information content (AvgIpc) is 2.86. The standard InChI is InChI=1S/C29H28N2O4/c1-19-7-6-8-20(2)25(19)15-24(32)18-31-26-16-28-27(34-11-12-35-28)14-21(26)13-22(29(31)33)17-30-23-9-4-3-5-10-23/h3-10,13-14,16,30H,11-12,15,17-18H2,1-2H3. The molecule has 1 aliphatic heterocycles. The van der Waals surface area contributed by atoms with Gasteiger partial charge in [-0.15, -0.1) is 0 Å². The first-order valence-corrected chi connectivity index (χ1v) is 11.8. The summed E-state index contributed by atoms with van der Waals surface area (Å²) < 4.78 is 13.1. The average molecular weight is 469 g/mol. The van der Waals surface area contributed by atoms with E-state index in [0.717, 1.165) is 27.8 Å². The van der Waals surface area contributed by atoms with Crippen LogP contribution in [-0.4, -0.2) is 23.6 Å². The summed E-state index contributed by atoms with van der Waals surface area (Å²) in [6.07, 6.45) is 0.281. The molecule has 6 heteroatoms. The summed E-state index contributed by atoms with van der Waals surface area (Å²) >= 11 is 0. The van der Waals surface area contributed by atoms with Crippen LogP contribution < -0.4 is 20.3 Å². The van der Waals surface area contributed by atoms with Crippen LogP contribution in [-0.2, 0) is 24.3 Å². The summed E-state index contributed by atoms with van der Waals surface area (Å²) in [5.41, 5.74) is 5.16. The van der Waals surface area contributed by atoms with Crippen molar-refractivity contribution in [1.29, 1.82) is 0 Å².